The first-order chi connectivity index (χ1) is 14.0. The molecular weight excluding hydrogens is 380 g/mol. The molecule has 0 unspecified atom stereocenters. The summed E-state index contributed by atoms with van der Waals surface area (Å²) in [5.41, 5.74) is 2.56. The molecule has 4 bridgehead atoms. The summed E-state index contributed by atoms with van der Waals surface area (Å²) in [7, 11) is 0. The normalized spacial score (nSPS) is 31.0. The van der Waals surface area contributed by atoms with E-state index in [1.807, 2.05) is 16.7 Å². The molecule has 1 atom stereocenters. The number of nitrogens with zero attached hydrogens (tertiary/aromatic N) is 3. The molecule has 1 amide bonds. The first-order valence-electron chi connectivity index (χ1n) is 10.9. The van der Waals surface area contributed by atoms with Gasteiger partial charge in [-0.3, -0.25) is 9.36 Å². The minimum atomic E-state index is 0.109. The molecule has 0 spiro atoms. The number of amides is 1. The van der Waals surface area contributed by atoms with E-state index in [0.29, 0.717) is 11.2 Å². The van der Waals surface area contributed by atoms with E-state index in [9.17, 15) is 4.79 Å². The number of carbonyl (C=O) groups excluding carboxylic acids is 1. The Morgan fingerprint density at radius 2 is 1.86 bits per heavy atom. The molecule has 4 aliphatic rings. The highest BCUT2D eigenvalue weighted by atomic mass is 32.2. The molecular formula is C23H30N4OS. The van der Waals surface area contributed by atoms with Crippen LogP contribution < -0.4 is 5.32 Å². The monoisotopic (exact) mass is 410 g/mol. The summed E-state index contributed by atoms with van der Waals surface area (Å²) < 4.78 is 1.97. The smallest absolute Gasteiger partial charge is 0.230 e. The number of aryl methyl sites for hydroxylation is 1. The Morgan fingerprint density at radius 1 is 1.21 bits per heavy atom. The van der Waals surface area contributed by atoms with Crippen LogP contribution in [0, 0.1) is 30.1 Å². The highest BCUT2D eigenvalue weighted by molar-refractivity contribution is 7.99. The van der Waals surface area contributed by atoms with Crippen molar-refractivity contribution in [3.8, 4) is 5.69 Å². The fourth-order valence-electron chi connectivity index (χ4n) is 6.60. The minimum Gasteiger partial charge on any atom is -0.352 e. The lowest BCUT2D eigenvalue weighted by molar-refractivity contribution is -0.123. The lowest BCUT2D eigenvalue weighted by atomic mass is 9.48. The van der Waals surface area contributed by atoms with Gasteiger partial charge in [0.15, 0.2) is 5.16 Å². The summed E-state index contributed by atoms with van der Waals surface area (Å²) in [6.45, 7) is 4.31. The highest BCUT2D eigenvalue weighted by Gasteiger charge is 2.53. The van der Waals surface area contributed by atoms with Gasteiger partial charge in [0.05, 0.1) is 11.4 Å². The van der Waals surface area contributed by atoms with Gasteiger partial charge in [-0.25, -0.2) is 0 Å². The van der Waals surface area contributed by atoms with Crippen LogP contribution in [-0.4, -0.2) is 32.5 Å². The zero-order valence-corrected chi connectivity index (χ0v) is 18.1. The van der Waals surface area contributed by atoms with E-state index in [1.54, 1.807) is 6.33 Å². The average molecular weight is 411 g/mol. The van der Waals surface area contributed by atoms with E-state index in [1.165, 1.54) is 50.3 Å². The molecule has 29 heavy (non-hydrogen) atoms. The largest absolute Gasteiger partial charge is 0.352 e. The molecule has 0 radical (unpaired) electrons. The zero-order chi connectivity index (χ0) is 20.0. The van der Waals surface area contributed by atoms with Crippen LogP contribution in [0.25, 0.3) is 5.69 Å². The Hall–Kier alpha value is -1.82. The van der Waals surface area contributed by atoms with Gasteiger partial charge in [0, 0.05) is 6.04 Å². The van der Waals surface area contributed by atoms with E-state index >= 15 is 0 Å². The molecule has 1 N–H and O–H groups in total. The SMILES string of the molecule is Cc1ccccc1-n1cnnc1SCC(=O)N[C@@H](C)C12CC3CC(CC(C3)C1)C2. The molecule has 2 aromatic rings. The van der Waals surface area contributed by atoms with Crippen LogP contribution in [0.5, 0.6) is 0 Å². The molecule has 1 aromatic heterocycles. The van der Waals surface area contributed by atoms with Crippen LogP contribution in [0.1, 0.15) is 51.0 Å². The van der Waals surface area contributed by atoms with Gasteiger partial charge in [0.25, 0.3) is 0 Å². The molecule has 6 rings (SSSR count). The van der Waals surface area contributed by atoms with E-state index in [4.69, 9.17) is 0 Å². The van der Waals surface area contributed by atoms with Crippen molar-refractivity contribution in [3.63, 3.8) is 0 Å². The van der Waals surface area contributed by atoms with Gasteiger partial charge in [0.2, 0.25) is 5.91 Å². The molecule has 0 saturated heterocycles. The number of nitrogens with one attached hydrogen (secondary N) is 1. The molecule has 4 saturated carbocycles. The number of aromatic nitrogens is 3. The maximum atomic E-state index is 12.8. The number of thioether (sulfide) groups is 1. The Balaban J connectivity index is 1.22. The summed E-state index contributed by atoms with van der Waals surface area (Å²) in [6.07, 6.45) is 9.97. The Bertz CT molecular complexity index is 873. The molecule has 154 valence electrons. The first-order valence-corrected chi connectivity index (χ1v) is 11.9. The van der Waals surface area contributed by atoms with Gasteiger partial charge in [-0.1, -0.05) is 30.0 Å². The molecule has 1 aromatic carbocycles. The number of para-hydroxylation sites is 1. The third-order valence-electron chi connectivity index (χ3n) is 7.61. The second-order valence-electron chi connectivity index (χ2n) is 9.63. The number of hydrogen-bond acceptors (Lipinski definition) is 4. The third kappa shape index (κ3) is 3.60. The Labute approximate surface area is 177 Å². The Kier molecular flexibility index (Phi) is 4.93. The molecule has 5 nitrogen and oxygen atoms in total. The summed E-state index contributed by atoms with van der Waals surface area (Å²) in [5.74, 6) is 3.20. The second-order valence-corrected chi connectivity index (χ2v) is 10.6. The number of rotatable bonds is 6. The third-order valence-corrected chi connectivity index (χ3v) is 8.55. The molecule has 6 heteroatoms. The quantitative estimate of drug-likeness (QED) is 0.718. The fraction of sp³-hybridized carbons (Fsp3) is 0.609. The summed E-state index contributed by atoms with van der Waals surface area (Å²) in [4.78, 5) is 12.8. The van der Waals surface area contributed by atoms with E-state index in [-0.39, 0.29) is 11.9 Å². The van der Waals surface area contributed by atoms with Gasteiger partial charge >= 0.3 is 0 Å². The van der Waals surface area contributed by atoms with Crippen LogP contribution in [-0.2, 0) is 4.79 Å². The lowest BCUT2D eigenvalue weighted by Crippen LogP contribution is -2.56. The van der Waals surface area contributed by atoms with Gasteiger partial charge in [-0.05, 0) is 87.2 Å². The summed E-state index contributed by atoms with van der Waals surface area (Å²) >= 11 is 1.46. The van der Waals surface area contributed by atoms with Gasteiger partial charge in [0.1, 0.15) is 6.33 Å². The Morgan fingerprint density at radius 3 is 2.52 bits per heavy atom. The summed E-state index contributed by atoms with van der Waals surface area (Å²) in [5, 5.41) is 12.4. The van der Waals surface area contributed by atoms with Crippen LogP contribution >= 0.6 is 11.8 Å². The second kappa shape index (κ2) is 7.46. The van der Waals surface area contributed by atoms with Crippen molar-refractivity contribution in [1.29, 1.82) is 0 Å². The lowest BCUT2D eigenvalue weighted by Gasteiger charge is -2.59. The minimum absolute atomic E-state index is 0.109. The number of benzene rings is 1. The standard InChI is InChI=1S/C23H30N4OS/c1-15-5-3-4-6-20(15)27-14-24-26-22(27)29-13-21(28)25-16(2)23-10-17-7-18(11-23)9-19(8-17)12-23/h3-6,14,16-19H,7-13H2,1-2H3,(H,25,28)/t16-,17?,18?,19?,23?/m0/s1. The van der Waals surface area contributed by atoms with Gasteiger partial charge in [-0.15, -0.1) is 10.2 Å². The maximum absolute atomic E-state index is 12.8. The average Bonchev–Trinajstić information content (AvgIpc) is 3.14. The topological polar surface area (TPSA) is 59.8 Å². The fourth-order valence-corrected chi connectivity index (χ4v) is 7.33. The first kappa shape index (κ1) is 19.2. The van der Waals surface area contributed by atoms with Gasteiger partial charge < -0.3 is 5.32 Å². The predicted molar refractivity (Wildman–Crippen MR) is 115 cm³/mol. The molecule has 4 aliphatic carbocycles. The number of hydrogen-bond donors (Lipinski definition) is 1. The van der Waals surface area contributed by atoms with Crippen molar-refractivity contribution < 1.29 is 4.79 Å². The van der Waals surface area contributed by atoms with Crippen LogP contribution in [0.4, 0.5) is 0 Å². The van der Waals surface area contributed by atoms with Crippen LogP contribution in [0.3, 0.4) is 0 Å². The van der Waals surface area contributed by atoms with Crippen LogP contribution in [0.2, 0.25) is 0 Å². The van der Waals surface area contributed by atoms with Crippen molar-refractivity contribution in [3.05, 3.63) is 36.2 Å². The van der Waals surface area contributed by atoms with E-state index < -0.39 is 0 Å². The zero-order valence-electron chi connectivity index (χ0n) is 17.3. The molecule has 0 aliphatic heterocycles. The van der Waals surface area contributed by atoms with Crippen molar-refractivity contribution in [2.45, 2.75) is 63.6 Å². The van der Waals surface area contributed by atoms with Crippen molar-refractivity contribution in [1.82, 2.24) is 20.1 Å². The van der Waals surface area contributed by atoms with Crippen molar-refractivity contribution in [2.24, 2.45) is 23.2 Å². The van der Waals surface area contributed by atoms with Crippen LogP contribution in [0.15, 0.2) is 35.7 Å². The number of carbonyl (C=O) groups is 1. The molecule has 1 heterocycles. The van der Waals surface area contributed by atoms with Crippen molar-refractivity contribution >= 4 is 17.7 Å². The summed E-state index contributed by atoms with van der Waals surface area (Å²) in [6, 6.07) is 8.42. The van der Waals surface area contributed by atoms with Crippen molar-refractivity contribution in [2.75, 3.05) is 5.75 Å². The van der Waals surface area contributed by atoms with Gasteiger partial charge in [-0.2, -0.15) is 0 Å². The van der Waals surface area contributed by atoms with E-state index in [2.05, 4.69) is 41.5 Å². The molecule has 4 fully saturated rings. The highest BCUT2D eigenvalue weighted by Crippen LogP contribution is 2.61. The predicted octanol–water partition coefficient (Wildman–Crippen LogP) is 4.39. The van der Waals surface area contributed by atoms with E-state index in [0.717, 1.165) is 34.2 Å². The maximum Gasteiger partial charge on any atom is 0.230 e.